The van der Waals surface area contributed by atoms with Crippen molar-refractivity contribution in [2.75, 3.05) is 12.4 Å². The van der Waals surface area contributed by atoms with Crippen LogP contribution in [0.5, 0.6) is 0 Å². The standard InChI is InChI=1S/C22H21N3O6/c1-12-4-6-14(7-5-12)25-21(28)20(27)23-11-16-9-8-15(31-16)10-17-19(26)18(13(2)24-17)22(29)30-3/h4-10,26H,11H2,1-3H3,(H,23,27)(H,25,28)/b17-10-. The van der Waals surface area contributed by atoms with Crippen molar-refractivity contribution >= 4 is 35.3 Å². The molecule has 1 aliphatic heterocycles. The van der Waals surface area contributed by atoms with Crippen LogP contribution in [0.1, 0.15) is 24.0 Å². The lowest BCUT2D eigenvalue weighted by Crippen LogP contribution is -2.34. The minimum atomic E-state index is -0.809. The van der Waals surface area contributed by atoms with Gasteiger partial charge in [-0.05, 0) is 38.1 Å². The molecule has 0 bridgehead atoms. The monoisotopic (exact) mass is 423 g/mol. The van der Waals surface area contributed by atoms with Gasteiger partial charge in [-0.25, -0.2) is 9.79 Å². The SMILES string of the molecule is COC(=O)C1=C(O)/C(=C/c2ccc(CNC(=O)C(=O)Nc3ccc(C)cc3)o2)N=C1C. The summed E-state index contributed by atoms with van der Waals surface area (Å²) in [5.41, 5.74) is 2.03. The van der Waals surface area contributed by atoms with Gasteiger partial charge in [-0.2, -0.15) is 0 Å². The average Bonchev–Trinajstić information content (AvgIpc) is 3.31. The van der Waals surface area contributed by atoms with E-state index in [1.165, 1.54) is 13.2 Å². The molecule has 0 spiro atoms. The van der Waals surface area contributed by atoms with E-state index in [-0.39, 0.29) is 23.6 Å². The van der Waals surface area contributed by atoms with Crippen molar-refractivity contribution < 1.29 is 28.6 Å². The van der Waals surface area contributed by atoms with Gasteiger partial charge >= 0.3 is 17.8 Å². The van der Waals surface area contributed by atoms with Gasteiger partial charge in [-0.1, -0.05) is 17.7 Å². The third kappa shape index (κ3) is 5.08. The van der Waals surface area contributed by atoms with Crippen LogP contribution < -0.4 is 10.6 Å². The van der Waals surface area contributed by atoms with Crippen LogP contribution in [0.2, 0.25) is 0 Å². The van der Waals surface area contributed by atoms with Gasteiger partial charge in [-0.15, -0.1) is 0 Å². The molecular formula is C22H21N3O6. The fourth-order valence-electron chi connectivity index (χ4n) is 2.81. The number of anilines is 1. The Bertz CT molecular complexity index is 1120. The number of esters is 1. The van der Waals surface area contributed by atoms with Crippen molar-refractivity contribution in [3.05, 3.63) is 70.5 Å². The predicted molar refractivity (Wildman–Crippen MR) is 113 cm³/mol. The summed E-state index contributed by atoms with van der Waals surface area (Å²) in [7, 11) is 1.21. The molecule has 1 aromatic carbocycles. The van der Waals surface area contributed by atoms with E-state index in [0.717, 1.165) is 5.56 Å². The van der Waals surface area contributed by atoms with Gasteiger partial charge in [0.15, 0.2) is 5.76 Å². The molecule has 9 heteroatoms. The number of nitrogens with one attached hydrogen (secondary N) is 2. The van der Waals surface area contributed by atoms with E-state index in [4.69, 9.17) is 4.42 Å². The normalized spacial score (nSPS) is 14.4. The molecule has 160 valence electrons. The highest BCUT2D eigenvalue weighted by Crippen LogP contribution is 2.26. The van der Waals surface area contributed by atoms with Gasteiger partial charge in [0.2, 0.25) is 0 Å². The van der Waals surface area contributed by atoms with Gasteiger partial charge < -0.3 is 24.9 Å². The zero-order valence-electron chi connectivity index (χ0n) is 17.2. The Hall–Kier alpha value is -4.14. The molecule has 0 saturated carbocycles. The fraction of sp³-hybridized carbons (Fsp3) is 0.182. The van der Waals surface area contributed by atoms with E-state index < -0.39 is 17.8 Å². The highest BCUT2D eigenvalue weighted by Gasteiger charge is 2.27. The molecule has 0 aliphatic carbocycles. The van der Waals surface area contributed by atoms with Crippen molar-refractivity contribution in [1.29, 1.82) is 0 Å². The lowest BCUT2D eigenvalue weighted by atomic mass is 10.1. The summed E-state index contributed by atoms with van der Waals surface area (Å²) < 4.78 is 10.2. The van der Waals surface area contributed by atoms with E-state index in [0.29, 0.717) is 22.9 Å². The molecule has 1 aliphatic rings. The molecule has 3 rings (SSSR count). The summed E-state index contributed by atoms with van der Waals surface area (Å²) in [5, 5.41) is 15.2. The minimum Gasteiger partial charge on any atom is -0.505 e. The van der Waals surface area contributed by atoms with Gasteiger partial charge in [-0.3, -0.25) is 9.59 Å². The summed E-state index contributed by atoms with van der Waals surface area (Å²) in [4.78, 5) is 39.9. The Morgan fingerprint density at radius 1 is 1.10 bits per heavy atom. The summed E-state index contributed by atoms with van der Waals surface area (Å²) in [5.74, 6) is -1.86. The molecule has 0 saturated heterocycles. The number of aliphatic hydroxyl groups is 1. The molecule has 2 heterocycles. The van der Waals surface area contributed by atoms with Crippen LogP contribution in [0.15, 0.2) is 62.8 Å². The highest BCUT2D eigenvalue weighted by molar-refractivity contribution is 6.39. The average molecular weight is 423 g/mol. The predicted octanol–water partition coefficient (Wildman–Crippen LogP) is 2.64. The Morgan fingerprint density at radius 3 is 2.48 bits per heavy atom. The number of rotatable bonds is 5. The van der Waals surface area contributed by atoms with Crippen LogP contribution in [0.4, 0.5) is 5.69 Å². The number of amides is 2. The first kappa shape index (κ1) is 21.6. The van der Waals surface area contributed by atoms with Crippen LogP contribution in [0, 0.1) is 6.92 Å². The van der Waals surface area contributed by atoms with Crippen LogP contribution in [-0.2, 0) is 25.7 Å². The Balaban J connectivity index is 1.60. The summed E-state index contributed by atoms with van der Waals surface area (Å²) in [6.07, 6.45) is 1.45. The Morgan fingerprint density at radius 2 is 1.81 bits per heavy atom. The molecule has 0 atom stereocenters. The molecule has 1 aromatic heterocycles. The van der Waals surface area contributed by atoms with E-state index in [9.17, 15) is 19.5 Å². The lowest BCUT2D eigenvalue weighted by molar-refractivity contribution is -0.136. The van der Waals surface area contributed by atoms with E-state index in [1.54, 1.807) is 31.2 Å². The summed E-state index contributed by atoms with van der Waals surface area (Å²) >= 11 is 0. The van der Waals surface area contributed by atoms with Crippen LogP contribution in [0.25, 0.3) is 6.08 Å². The Kier molecular flexibility index (Phi) is 6.35. The molecule has 0 fully saturated rings. The zero-order valence-corrected chi connectivity index (χ0v) is 17.2. The van der Waals surface area contributed by atoms with Crippen LogP contribution in [0.3, 0.4) is 0 Å². The number of nitrogens with zero attached hydrogens (tertiary/aromatic N) is 1. The quantitative estimate of drug-likeness (QED) is 0.501. The number of hydrogen-bond donors (Lipinski definition) is 3. The van der Waals surface area contributed by atoms with Crippen molar-refractivity contribution in [3.8, 4) is 0 Å². The molecule has 31 heavy (non-hydrogen) atoms. The first-order chi connectivity index (χ1) is 14.8. The van der Waals surface area contributed by atoms with Crippen LogP contribution >= 0.6 is 0 Å². The number of aliphatic imine (C=N–C) groups is 1. The van der Waals surface area contributed by atoms with Gasteiger partial charge in [0, 0.05) is 11.8 Å². The number of carbonyl (C=O) groups is 3. The van der Waals surface area contributed by atoms with Gasteiger partial charge in [0.1, 0.15) is 22.8 Å². The van der Waals surface area contributed by atoms with Crippen molar-refractivity contribution in [2.24, 2.45) is 4.99 Å². The second-order valence-corrected chi connectivity index (χ2v) is 6.75. The van der Waals surface area contributed by atoms with Crippen molar-refractivity contribution in [2.45, 2.75) is 20.4 Å². The number of aryl methyl sites for hydroxylation is 1. The molecule has 2 aromatic rings. The Labute approximate surface area is 178 Å². The molecule has 2 amide bonds. The summed E-state index contributed by atoms with van der Waals surface area (Å²) in [6.45, 7) is 3.48. The number of furan rings is 1. The second kappa shape index (κ2) is 9.12. The number of benzene rings is 1. The van der Waals surface area contributed by atoms with Crippen molar-refractivity contribution in [3.63, 3.8) is 0 Å². The number of aliphatic hydroxyl groups excluding tert-OH is 1. The van der Waals surface area contributed by atoms with E-state index >= 15 is 0 Å². The molecular weight excluding hydrogens is 402 g/mol. The molecule has 3 N–H and O–H groups in total. The highest BCUT2D eigenvalue weighted by atomic mass is 16.5. The maximum Gasteiger partial charge on any atom is 0.343 e. The molecule has 0 radical (unpaired) electrons. The lowest BCUT2D eigenvalue weighted by Gasteiger charge is -2.05. The first-order valence-electron chi connectivity index (χ1n) is 9.32. The van der Waals surface area contributed by atoms with E-state index in [2.05, 4.69) is 20.4 Å². The van der Waals surface area contributed by atoms with Gasteiger partial charge in [0.05, 0.1) is 19.4 Å². The maximum absolute atomic E-state index is 12.0. The topological polar surface area (TPSA) is 130 Å². The molecule has 9 nitrogen and oxygen atoms in total. The molecule has 0 unspecified atom stereocenters. The zero-order chi connectivity index (χ0) is 22.5. The van der Waals surface area contributed by atoms with E-state index in [1.807, 2.05) is 19.1 Å². The second-order valence-electron chi connectivity index (χ2n) is 6.75. The number of hydrogen-bond acceptors (Lipinski definition) is 7. The third-order valence-corrected chi connectivity index (χ3v) is 4.42. The number of carbonyl (C=O) groups excluding carboxylic acids is 3. The van der Waals surface area contributed by atoms with Crippen molar-refractivity contribution in [1.82, 2.24) is 5.32 Å². The first-order valence-corrected chi connectivity index (χ1v) is 9.32. The van der Waals surface area contributed by atoms with Gasteiger partial charge in [0.25, 0.3) is 0 Å². The number of methoxy groups -OCH3 is 1. The number of ether oxygens (including phenoxy) is 1. The largest absolute Gasteiger partial charge is 0.505 e. The minimum absolute atomic E-state index is 0.00705. The van der Waals surface area contributed by atoms with Crippen LogP contribution in [-0.4, -0.2) is 35.7 Å². The smallest absolute Gasteiger partial charge is 0.343 e. The third-order valence-electron chi connectivity index (χ3n) is 4.42. The summed E-state index contributed by atoms with van der Waals surface area (Å²) in [6, 6.07) is 10.3. The fourth-order valence-corrected chi connectivity index (χ4v) is 2.81. The maximum atomic E-state index is 12.0.